The summed E-state index contributed by atoms with van der Waals surface area (Å²) in [6, 6.07) is 2.50. The Morgan fingerprint density at radius 3 is 2.57 bits per heavy atom. The number of rotatable bonds is 3. The molecule has 0 unspecified atom stereocenters. The van der Waals surface area contributed by atoms with Crippen LogP contribution in [-0.4, -0.2) is 23.4 Å². The Balaban J connectivity index is 2.48. The molecule has 0 aromatic carbocycles. The summed E-state index contributed by atoms with van der Waals surface area (Å²) >= 11 is 0. The molecule has 1 aliphatic carbocycles. The van der Waals surface area contributed by atoms with Gasteiger partial charge in [-0.05, 0) is 12.8 Å². The van der Waals surface area contributed by atoms with E-state index < -0.39 is 0 Å². The fourth-order valence-electron chi connectivity index (χ4n) is 2.16. The molecule has 0 spiro atoms. The van der Waals surface area contributed by atoms with Gasteiger partial charge in [-0.15, -0.1) is 0 Å². The third kappa shape index (κ3) is 3.02. The van der Waals surface area contributed by atoms with Gasteiger partial charge in [0.1, 0.15) is 0 Å². The number of nitrogens with zero attached hydrogens (tertiary/aromatic N) is 2. The molecule has 1 saturated carbocycles. The second-order valence-corrected chi connectivity index (χ2v) is 3.91. The predicted octanol–water partition coefficient (Wildman–Crippen LogP) is 2.08. The van der Waals surface area contributed by atoms with E-state index in [-0.39, 0.29) is 5.91 Å². The maximum absolute atomic E-state index is 11.4. The summed E-state index contributed by atoms with van der Waals surface area (Å²) in [6.45, 7) is 2.21. The molecule has 0 atom stereocenters. The molecule has 14 heavy (non-hydrogen) atoms. The molecule has 0 saturated heterocycles. The van der Waals surface area contributed by atoms with Crippen LogP contribution in [0.15, 0.2) is 0 Å². The van der Waals surface area contributed by atoms with Crippen molar-refractivity contribution >= 4 is 5.91 Å². The van der Waals surface area contributed by atoms with Crippen molar-refractivity contribution in [2.24, 2.45) is 0 Å². The molecule has 0 aliphatic heterocycles. The van der Waals surface area contributed by atoms with Gasteiger partial charge in [-0.3, -0.25) is 4.79 Å². The van der Waals surface area contributed by atoms with Gasteiger partial charge in [0.25, 0.3) is 0 Å². The average molecular weight is 194 g/mol. The van der Waals surface area contributed by atoms with Crippen molar-refractivity contribution in [2.75, 3.05) is 6.54 Å². The third-order valence-electron chi connectivity index (χ3n) is 2.88. The van der Waals surface area contributed by atoms with Crippen LogP contribution in [0.3, 0.4) is 0 Å². The van der Waals surface area contributed by atoms with Crippen LogP contribution >= 0.6 is 0 Å². The van der Waals surface area contributed by atoms with Crippen LogP contribution in [0.1, 0.15) is 45.4 Å². The van der Waals surface area contributed by atoms with Gasteiger partial charge < -0.3 is 4.90 Å². The maximum atomic E-state index is 11.4. The molecule has 0 N–H and O–H groups in total. The van der Waals surface area contributed by atoms with Gasteiger partial charge in [0, 0.05) is 19.5 Å². The molecule has 3 nitrogen and oxygen atoms in total. The van der Waals surface area contributed by atoms with E-state index in [1.165, 1.54) is 19.3 Å². The molecule has 78 valence electrons. The highest BCUT2D eigenvalue weighted by atomic mass is 16.2. The van der Waals surface area contributed by atoms with Gasteiger partial charge >= 0.3 is 0 Å². The van der Waals surface area contributed by atoms with Crippen LogP contribution in [-0.2, 0) is 4.79 Å². The normalized spacial score (nSPS) is 17.4. The number of hydrogen-bond acceptors (Lipinski definition) is 2. The lowest BCUT2D eigenvalue weighted by Crippen LogP contribution is -2.40. The van der Waals surface area contributed by atoms with E-state index in [0.717, 1.165) is 12.8 Å². The fraction of sp³-hybridized carbons (Fsp3) is 0.818. The Bertz CT molecular complexity index is 226. The first-order chi connectivity index (χ1) is 6.75. The average Bonchev–Trinajstić information content (AvgIpc) is 2.19. The van der Waals surface area contributed by atoms with E-state index in [4.69, 9.17) is 5.26 Å². The zero-order valence-corrected chi connectivity index (χ0v) is 8.83. The zero-order chi connectivity index (χ0) is 10.4. The largest absolute Gasteiger partial charge is 0.339 e. The summed E-state index contributed by atoms with van der Waals surface area (Å²) in [6.07, 6.45) is 6.43. The van der Waals surface area contributed by atoms with Crippen molar-refractivity contribution in [2.45, 2.75) is 51.5 Å². The summed E-state index contributed by atoms with van der Waals surface area (Å²) in [5.74, 6) is 0.118. The quantitative estimate of drug-likeness (QED) is 0.690. The summed E-state index contributed by atoms with van der Waals surface area (Å²) in [5.41, 5.74) is 0. The lowest BCUT2D eigenvalue weighted by Gasteiger charge is -2.33. The molecular formula is C11H18N2O. The Hall–Kier alpha value is -1.04. The van der Waals surface area contributed by atoms with Gasteiger partial charge in [-0.25, -0.2) is 0 Å². The Kier molecular flexibility index (Phi) is 4.45. The first kappa shape index (κ1) is 11.0. The van der Waals surface area contributed by atoms with Gasteiger partial charge in [0.05, 0.1) is 12.5 Å². The van der Waals surface area contributed by atoms with Crippen molar-refractivity contribution < 1.29 is 4.79 Å². The molecule has 0 aromatic rings. The summed E-state index contributed by atoms with van der Waals surface area (Å²) in [4.78, 5) is 13.2. The van der Waals surface area contributed by atoms with Crippen LogP contribution in [0.4, 0.5) is 0 Å². The van der Waals surface area contributed by atoms with Crippen molar-refractivity contribution in [3.8, 4) is 6.07 Å². The van der Waals surface area contributed by atoms with Gasteiger partial charge in [0.15, 0.2) is 0 Å². The standard InChI is InChI=1S/C11H18N2O/c1-10(14)13(9-5-8-12)11-6-3-2-4-7-11/h11H,2-7,9H2,1H3. The molecule has 0 heterocycles. The van der Waals surface area contributed by atoms with Gasteiger partial charge in [-0.1, -0.05) is 19.3 Å². The molecular weight excluding hydrogens is 176 g/mol. The highest BCUT2D eigenvalue weighted by Crippen LogP contribution is 2.22. The summed E-state index contributed by atoms with van der Waals surface area (Å²) in [7, 11) is 0. The van der Waals surface area contributed by atoms with Crippen LogP contribution in [0.2, 0.25) is 0 Å². The van der Waals surface area contributed by atoms with Crippen molar-refractivity contribution in [1.82, 2.24) is 4.90 Å². The number of carbonyl (C=O) groups is 1. The Morgan fingerprint density at radius 2 is 2.07 bits per heavy atom. The molecule has 0 bridgehead atoms. The van der Waals surface area contributed by atoms with Gasteiger partial charge in [0.2, 0.25) is 5.91 Å². The van der Waals surface area contributed by atoms with E-state index in [0.29, 0.717) is 19.0 Å². The fourth-order valence-corrected chi connectivity index (χ4v) is 2.16. The topological polar surface area (TPSA) is 44.1 Å². The van der Waals surface area contributed by atoms with Crippen LogP contribution in [0.5, 0.6) is 0 Å². The van der Waals surface area contributed by atoms with Crippen LogP contribution in [0.25, 0.3) is 0 Å². The van der Waals surface area contributed by atoms with E-state index in [9.17, 15) is 4.79 Å². The second-order valence-electron chi connectivity index (χ2n) is 3.91. The zero-order valence-electron chi connectivity index (χ0n) is 8.83. The molecule has 1 rings (SSSR count). The van der Waals surface area contributed by atoms with Crippen molar-refractivity contribution in [3.63, 3.8) is 0 Å². The Morgan fingerprint density at radius 1 is 1.43 bits per heavy atom. The first-order valence-corrected chi connectivity index (χ1v) is 5.40. The molecule has 0 radical (unpaired) electrons. The smallest absolute Gasteiger partial charge is 0.219 e. The van der Waals surface area contributed by atoms with Gasteiger partial charge in [-0.2, -0.15) is 5.26 Å². The first-order valence-electron chi connectivity index (χ1n) is 5.40. The minimum absolute atomic E-state index is 0.118. The molecule has 1 amide bonds. The van der Waals surface area contributed by atoms with E-state index >= 15 is 0 Å². The monoisotopic (exact) mass is 194 g/mol. The number of carbonyl (C=O) groups excluding carboxylic acids is 1. The molecule has 3 heteroatoms. The lowest BCUT2D eigenvalue weighted by atomic mass is 9.94. The Labute approximate surface area is 85.7 Å². The van der Waals surface area contributed by atoms with Crippen molar-refractivity contribution in [3.05, 3.63) is 0 Å². The maximum Gasteiger partial charge on any atom is 0.219 e. The number of amides is 1. The highest BCUT2D eigenvalue weighted by Gasteiger charge is 2.22. The minimum atomic E-state index is 0.118. The predicted molar refractivity (Wildman–Crippen MR) is 54.5 cm³/mol. The molecule has 1 fully saturated rings. The highest BCUT2D eigenvalue weighted by molar-refractivity contribution is 5.73. The van der Waals surface area contributed by atoms with Crippen LogP contribution in [0, 0.1) is 11.3 Å². The van der Waals surface area contributed by atoms with Crippen molar-refractivity contribution in [1.29, 1.82) is 5.26 Å². The number of hydrogen-bond donors (Lipinski definition) is 0. The van der Waals surface area contributed by atoms with E-state index in [1.807, 2.05) is 4.90 Å². The van der Waals surface area contributed by atoms with Crippen LogP contribution < -0.4 is 0 Å². The number of nitriles is 1. The third-order valence-corrected chi connectivity index (χ3v) is 2.88. The summed E-state index contributed by atoms with van der Waals surface area (Å²) in [5, 5.41) is 8.51. The van der Waals surface area contributed by atoms with E-state index in [1.54, 1.807) is 6.92 Å². The molecule has 1 aliphatic rings. The molecule has 0 aromatic heterocycles. The SMILES string of the molecule is CC(=O)N(CCC#N)C1CCCCC1. The summed E-state index contributed by atoms with van der Waals surface area (Å²) < 4.78 is 0. The minimum Gasteiger partial charge on any atom is -0.339 e. The lowest BCUT2D eigenvalue weighted by molar-refractivity contribution is -0.131. The second kappa shape index (κ2) is 5.64. The van der Waals surface area contributed by atoms with E-state index in [2.05, 4.69) is 6.07 Å².